The predicted octanol–water partition coefficient (Wildman–Crippen LogP) is 2.18. The molecular weight excluding hydrogens is 252 g/mol. The monoisotopic (exact) mass is 265 g/mol. The van der Waals surface area contributed by atoms with Crippen LogP contribution in [0.4, 0.5) is 26.3 Å². The van der Waals surface area contributed by atoms with E-state index < -0.39 is 30.9 Å². The number of nitrogens with zero attached hydrogens (tertiary/aromatic N) is 1. The van der Waals surface area contributed by atoms with Crippen LogP contribution in [0, 0.1) is 5.92 Å². The van der Waals surface area contributed by atoms with Crippen molar-refractivity contribution < 1.29 is 31.4 Å². The second-order valence-electron chi connectivity index (χ2n) is 4.17. The highest BCUT2D eigenvalue weighted by Crippen LogP contribution is 2.34. The molecule has 0 amide bonds. The lowest BCUT2D eigenvalue weighted by Gasteiger charge is -2.34. The van der Waals surface area contributed by atoms with Crippen molar-refractivity contribution in [3.63, 3.8) is 0 Å². The Labute approximate surface area is 94.2 Å². The lowest BCUT2D eigenvalue weighted by Crippen LogP contribution is -2.45. The van der Waals surface area contributed by atoms with Crippen molar-refractivity contribution in [2.75, 3.05) is 19.6 Å². The van der Waals surface area contributed by atoms with Crippen LogP contribution in [0.3, 0.4) is 0 Å². The van der Waals surface area contributed by atoms with Crippen LogP contribution in [-0.4, -0.2) is 48.1 Å². The highest BCUT2D eigenvalue weighted by atomic mass is 19.4. The minimum atomic E-state index is -4.72. The Morgan fingerprint density at radius 2 is 1.53 bits per heavy atom. The summed E-state index contributed by atoms with van der Waals surface area (Å²) < 4.78 is 72.9. The summed E-state index contributed by atoms with van der Waals surface area (Å²) in [7, 11) is 0. The van der Waals surface area contributed by atoms with Gasteiger partial charge >= 0.3 is 12.4 Å². The number of hydrogen-bond acceptors (Lipinski definition) is 2. The van der Waals surface area contributed by atoms with Crippen molar-refractivity contribution in [3.8, 4) is 0 Å². The molecule has 0 bridgehead atoms. The molecule has 8 heteroatoms. The summed E-state index contributed by atoms with van der Waals surface area (Å²) in [4.78, 5) is 1.21. The minimum Gasteiger partial charge on any atom is -0.382 e. The molecule has 0 radical (unpaired) electrons. The first-order chi connectivity index (χ1) is 7.60. The molecule has 0 aromatic rings. The van der Waals surface area contributed by atoms with Gasteiger partial charge in [-0.25, -0.2) is 0 Å². The fourth-order valence-corrected chi connectivity index (χ4v) is 1.79. The molecule has 1 aliphatic rings. The largest absolute Gasteiger partial charge is 0.415 e. The molecular formula is C9H13F6NO. The molecule has 0 aromatic carbocycles. The van der Waals surface area contributed by atoms with E-state index in [1.54, 1.807) is 0 Å². The van der Waals surface area contributed by atoms with Gasteiger partial charge < -0.3 is 10.0 Å². The van der Waals surface area contributed by atoms with Gasteiger partial charge in [-0.05, 0) is 25.9 Å². The van der Waals surface area contributed by atoms with Crippen LogP contribution in [0.1, 0.15) is 12.8 Å². The molecule has 1 N–H and O–H groups in total. The van der Waals surface area contributed by atoms with Gasteiger partial charge in [0.15, 0.2) is 6.10 Å². The summed E-state index contributed by atoms with van der Waals surface area (Å²) in [5, 5.41) is 8.77. The van der Waals surface area contributed by atoms with Gasteiger partial charge in [-0.1, -0.05) is 0 Å². The first kappa shape index (κ1) is 14.6. The average molecular weight is 265 g/mol. The van der Waals surface area contributed by atoms with Crippen molar-refractivity contribution >= 4 is 0 Å². The molecule has 17 heavy (non-hydrogen) atoms. The summed E-state index contributed by atoms with van der Waals surface area (Å²) in [6.07, 6.45) is -11.9. The molecule has 1 aliphatic heterocycles. The lowest BCUT2D eigenvalue weighted by molar-refractivity contribution is -0.213. The highest BCUT2D eigenvalue weighted by Gasteiger charge is 2.43. The number of piperidine rings is 1. The summed E-state index contributed by atoms with van der Waals surface area (Å²) in [5.41, 5.74) is 0. The number of alkyl halides is 6. The van der Waals surface area contributed by atoms with Gasteiger partial charge in [-0.15, -0.1) is 0 Å². The van der Waals surface area contributed by atoms with Crippen LogP contribution in [0.15, 0.2) is 0 Å². The van der Waals surface area contributed by atoms with Crippen LogP contribution in [0.2, 0.25) is 0 Å². The van der Waals surface area contributed by atoms with Gasteiger partial charge in [-0.3, -0.25) is 0 Å². The maximum atomic E-state index is 12.3. The molecule has 1 saturated heterocycles. The Hall–Kier alpha value is -0.500. The number of aliphatic hydroxyl groups excluding tert-OH is 1. The van der Waals surface area contributed by atoms with Gasteiger partial charge in [0.2, 0.25) is 0 Å². The highest BCUT2D eigenvalue weighted by molar-refractivity contribution is 4.79. The van der Waals surface area contributed by atoms with E-state index in [9.17, 15) is 26.3 Å². The third kappa shape index (κ3) is 4.34. The van der Waals surface area contributed by atoms with E-state index in [0.29, 0.717) is 0 Å². The van der Waals surface area contributed by atoms with E-state index in [4.69, 9.17) is 5.11 Å². The molecule has 0 spiro atoms. The van der Waals surface area contributed by atoms with E-state index in [0.717, 1.165) is 0 Å². The number of hydrogen-bond donors (Lipinski definition) is 1. The molecule has 0 aromatic heterocycles. The molecule has 1 fully saturated rings. The van der Waals surface area contributed by atoms with Gasteiger partial charge in [-0.2, -0.15) is 26.3 Å². The average Bonchev–Trinajstić information content (AvgIpc) is 2.15. The standard InChI is InChI=1S/C9H13F6NO/c10-8(11,12)6-1-3-16(4-2-6)5-7(17)9(13,14)15/h6-7,17H,1-5H2. The van der Waals surface area contributed by atoms with Gasteiger partial charge in [0, 0.05) is 6.54 Å². The lowest BCUT2D eigenvalue weighted by atomic mass is 9.96. The SMILES string of the molecule is OC(CN1CCC(C(F)(F)F)CC1)C(F)(F)F. The van der Waals surface area contributed by atoms with Crippen molar-refractivity contribution in [2.45, 2.75) is 31.3 Å². The first-order valence-electron chi connectivity index (χ1n) is 5.14. The molecule has 2 nitrogen and oxygen atoms in total. The second kappa shape index (κ2) is 5.01. The maximum Gasteiger partial charge on any atom is 0.415 e. The summed E-state index contributed by atoms with van der Waals surface area (Å²) in [6, 6.07) is 0. The zero-order valence-corrected chi connectivity index (χ0v) is 8.85. The van der Waals surface area contributed by atoms with Crippen LogP contribution >= 0.6 is 0 Å². The molecule has 0 aliphatic carbocycles. The summed E-state index contributed by atoms with van der Waals surface area (Å²) in [5.74, 6) is -1.44. The van der Waals surface area contributed by atoms with Gasteiger partial charge in [0.1, 0.15) is 0 Å². The van der Waals surface area contributed by atoms with E-state index in [2.05, 4.69) is 0 Å². The maximum absolute atomic E-state index is 12.3. The molecule has 1 heterocycles. The van der Waals surface area contributed by atoms with Crippen molar-refractivity contribution in [2.24, 2.45) is 5.92 Å². The van der Waals surface area contributed by atoms with Gasteiger partial charge in [0.05, 0.1) is 5.92 Å². The quantitative estimate of drug-likeness (QED) is 0.774. The van der Waals surface area contributed by atoms with E-state index >= 15 is 0 Å². The molecule has 102 valence electrons. The number of β-amino-alcohol motifs (C(OH)–C–C–N with tert-alkyl or cyclic N) is 1. The van der Waals surface area contributed by atoms with Crippen molar-refractivity contribution in [1.29, 1.82) is 0 Å². The first-order valence-corrected chi connectivity index (χ1v) is 5.14. The third-order valence-electron chi connectivity index (χ3n) is 2.86. The summed E-state index contributed by atoms with van der Waals surface area (Å²) >= 11 is 0. The van der Waals surface area contributed by atoms with Crippen molar-refractivity contribution in [1.82, 2.24) is 4.90 Å². The number of aliphatic hydroxyl groups is 1. The molecule has 1 unspecified atom stereocenters. The van der Waals surface area contributed by atoms with Crippen LogP contribution in [0.25, 0.3) is 0 Å². The Morgan fingerprint density at radius 1 is 1.06 bits per heavy atom. The Kier molecular flexibility index (Phi) is 4.29. The Morgan fingerprint density at radius 3 is 1.88 bits per heavy atom. The number of rotatable bonds is 2. The third-order valence-corrected chi connectivity index (χ3v) is 2.86. The second-order valence-corrected chi connectivity index (χ2v) is 4.17. The van der Waals surface area contributed by atoms with E-state index in [1.807, 2.05) is 0 Å². The fraction of sp³-hybridized carbons (Fsp3) is 1.00. The smallest absolute Gasteiger partial charge is 0.382 e. The summed E-state index contributed by atoms with van der Waals surface area (Å²) in [6.45, 7) is -0.803. The van der Waals surface area contributed by atoms with E-state index in [1.165, 1.54) is 4.90 Å². The predicted molar refractivity (Wildman–Crippen MR) is 47.3 cm³/mol. The van der Waals surface area contributed by atoms with E-state index in [-0.39, 0.29) is 25.9 Å². The zero-order valence-electron chi connectivity index (χ0n) is 8.85. The Balaban J connectivity index is 2.38. The zero-order chi connectivity index (χ0) is 13.3. The minimum absolute atomic E-state index is 0.0721. The Bertz CT molecular complexity index is 243. The number of likely N-dealkylation sites (tertiary alicyclic amines) is 1. The molecule has 1 rings (SSSR count). The van der Waals surface area contributed by atoms with Crippen LogP contribution in [-0.2, 0) is 0 Å². The molecule has 0 saturated carbocycles. The fourth-order valence-electron chi connectivity index (χ4n) is 1.79. The topological polar surface area (TPSA) is 23.5 Å². The van der Waals surface area contributed by atoms with Crippen molar-refractivity contribution in [3.05, 3.63) is 0 Å². The normalized spacial score (nSPS) is 22.8. The van der Waals surface area contributed by atoms with Gasteiger partial charge in [0.25, 0.3) is 0 Å². The van der Waals surface area contributed by atoms with Crippen LogP contribution in [0.5, 0.6) is 0 Å². The number of halogens is 6. The van der Waals surface area contributed by atoms with Crippen LogP contribution < -0.4 is 0 Å². The molecule has 1 atom stereocenters.